The van der Waals surface area contributed by atoms with Gasteiger partial charge in [0.05, 0.1) is 17.8 Å². The number of hydrogen-bond donors (Lipinski definition) is 3. The summed E-state index contributed by atoms with van der Waals surface area (Å²) in [5.41, 5.74) is 2.55. The second-order valence-electron chi connectivity index (χ2n) is 9.17. The van der Waals surface area contributed by atoms with Crippen molar-refractivity contribution in [2.24, 2.45) is 0 Å². The van der Waals surface area contributed by atoms with Crippen molar-refractivity contribution in [1.29, 1.82) is 0 Å². The molecular formula is C23H28F2N8O. The number of anilines is 2. The minimum atomic E-state index is -2.50. The summed E-state index contributed by atoms with van der Waals surface area (Å²) in [6.45, 7) is 3.12. The molecule has 0 bridgehead atoms. The van der Waals surface area contributed by atoms with Crippen molar-refractivity contribution >= 4 is 28.4 Å². The summed E-state index contributed by atoms with van der Waals surface area (Å²) in [4.78, 5) is 13.7. The van der Waals surface area contributed by atoms with E-state index in [1.165, 1.54) is 4.57 Å². The van der Waals surface area contributed by atoms with Crippen molar-refractivity contribution in [3.63, 3.8) is 0 Å². The summed E-state index contributed by atoms with van der Waals surface area (Å²) >= 11 is 0. The number of aromatic nitrogens is 6. The van der Waals surface area contributed by atoms with E-state index in [0.29, 0.717) is 34.4 Å². The van der Waals surface area contributed by atoms with Gasteiger partial charge in [-0.2, -0.15) is 4.98 Å². The van der Waals surface area contributed by atoms with Crippen LogP contribution in [0.2, 0.25) is 0 Å². The van der Waals surface area contributed by atoms with Gasteiger partial charge in [0.2, 0.25) is 5.95 Å². The molecule has 4 heterocycles. The molecule has 180 valence electrons. The van der Waals surface area contributed by atoms with E-state index in [4.69, 9.17) is 0 Å². The molecule has 1 aliphatic carbocycles. The fourth-order valence-corrected chi connectivity index (χ4v) is 4.65. The summed E-state index contributed by atoms with van der Waals surface area (Å²) < 4.78 is 29.4. The van der Waals surface area contributed by atoms with E-state index in [9.17, 15) is 13.9 Å². The number of pyridine rings is 1. The van der Waals surface area contributed by atoms with Crippen molar-refractivity contribution in [3.05, 3.63) is 30.2 Å². The van der Waals surface area contributed by atoms with Gasteiger partial charge in [0.15, 0.2) is 11.5 Å². The Kier molecular flexibility index (Phi) is 5.59. The van der Waals surface area contributed by atoms with E-state index < -0.39 is 18.6 Å². The number of halogens is 2. The average molecular weight is 471 g/mol. The quantitative estimate of drug-likeness (QED) is 0.393. The molecule has 4 aromatic heterocycles. The van der Waals surface area contributed by atoms with Crippen LogP contribution in [0, 0.1) is 6.92 Å². The van der Waals surface area contributed by atoms with Gasteiger partial charge in [-0.25, -0.2) is 23.3 Å². The molecule has 34 heavy (non-hydrogen) atoms. The highest BCUT2D eigenvalue weighted by molar-refractivity contribution is 5.89. The largest absolute Gasteiger partial charge is 0.390 e. The first kappa shape index (κ1) is 22.5. The smallest absolute Gasteiger partial charge is 0.256 e. The van der Waals surface area contributed by atoms with Crippen LogP contribution in [0.4, 0.5) is 20.5 Å². The number of aryl methyl sites for hydroxylation is 1. The maximum absolute atomic E-state index is 13.1. The number of nitrogens with one attached hydrogen (secondary N) is 2. The first-order chi connectivity index (χ1) is 16.2. The molecule has 4 aromatic rings. The van der Waals surface area contributed by atoms with Crippen molar-refractivity contribution in [1.82, 2.24) is 29.1 Å². The van der Waals surface area contributed by atoms with Gasteiger partial charge in [-0.05, 0) is 57.7 Å². The standard InChI is InChI=1S/C23H28F2N8O/c1-13-27-17-5-4-16(29-21(17)32(13)12-18(24)25)15-8-11-33-19(15)20(26-3)30-22(31-33)28-14-6-9-23(2,34)10-7-14/h4-5,8,11,14,18,34H,6-7,9-10,12H2,1-3H3,(H2,26,28,30,31). The van der Waals surface area contributed by atoms with Crippen LogP contribution in [0.25, 0.3) is 27.9 Å². The van der Waals surface area contributed by atoms with E-state index in [2.05, 4.69) is 30.7 Å². The van der Waals surface area contributed by atoms with Gasteiger partial charge in [0.25, 0.3) is 6.43 Å². The average Bonchev–Trinajstić information content (AvgIpc) is 3.35. The molecule has 11 heteroatoms. The number of fused-ring (bicyclic) bond motifs is 2. The lowest BCUT2D eigenvalue weighted by Gasteiger charge is -2.33. The SMILES string of the molecule is CNc1nc(NC2CCC(C)(O)CC2)nn2ccc(-c3ccc4nc(C)n(CC(F)F)c4n3)c12. The molecule has 1 aliphatic rings. The third-order valence-corrected chi connectivity index (χ3v) is 6.52. The number of nitrogens with zero attached hydrogens (tertiary/aromatic N) is 6. The van der Waals surface area contributed by atoms with E-state index in [1.807, 2.05) is 25.3 Å². The number of rotatable bonds is 6. The van der Waals surface area contributed by atoms with Gasteiger partial charge in [-0.15, -0.1) is 5.10 Å². The first-order valence-electron chi connectivity index (χ1n) is 11.4. The number of alkyl halides is 2. The fourth-order valence-electron chi connectivity index (χ4n) is 4.65. The number of aliphatic hydroxyl groups is 1. The molecular weight excluding hydrogens is 442 g/mol. The Labute approximate surface area is 195 Å². The highest BCUT2D eigenvalue weighted by Crippen LogP contribution is 2.32. The van der Waals surface area contributed by atoms with Gasteiger partial charge in [-0.1, -0.05) is 0 Å². The summed E-state index contributed by atoms with van der Waals surface area (Å²) in [7, 11) is 1.79. The zero-order valence-corrected chi connectivity index (χ0v) is 19.4. The molecule has 0 spiro atoms. The fraction of sp³-hybridized carbons (Fsp3) is 0.478. The molecule has 0 radical (unpaired) electrons. The maximum atomic E-state index is 13.1. The highest BCUT2D eigenvalue weighted by atomic mass is 19.3. The van der Waals surface area contributed by atoms with Gasteiger partial charge >= 0.3 is 0 Å². The van der Waals surface area contributed by atoms with Crippen LogP contribution in [0.1, 0.15) is 38.4 Å². The second kappa shape index (κ2) is 8.46. The van der Waals surface area contributed by atoms with Crippen molar-refractivity contribution in [3.8, 4) is 11.3 Å². The van der Waals surface area contributed by atoms with Crippen LogP contribution >= 0.6 is 0 Å². The Morgan fingerprint density at radius 2 is 1.94 bits per heavy atom. The molecule has 0 atom stereocenters. The Morgan fingerprint density at radius 1 is 1.18 bits per heavy atom. The lowest BCUT2D eigenvalue weighted by Crippen LogP contribution is -2.36. The van der Waals surface area contributed by atoms with Crippen LogP contribution in [0.5, 0.6) is 0 Å². The van der Waals surface area contributed by atoms with Crippen molar-refractivity contribution in [2.75, 3.05) is 17.7 Å². The van der Waals surface area contributed by atoms with Gasteiger partial charge in [0.1, 0.15) is 16.9 Å². The number of hydrogen-bond acceptors (Lipinski definition) is 7. The number of imidazole rings is 1. The monoisotopic (exact) mass is 470 g/mol. The molecule has 1 fully saturated rings. The Bertz CT molecular complexity index is 1340. The molecule has 0 aromatic carbocycles. The Balaban J connectivity index is 1.51. The molecule has 0 saturated heterocycles. The highest BCUT2D eigenvalue weighted by Gasteiger charge is 2.29. The molecule has 0 aliphatic heterocycles. The van der Waals surface area contributed by atoms with Gasteiger partial charge in [-0.3, -0.25) is 0 Å². The lowest BCUT2D eigenvalue weighted by atomic mass is 9.84. The Morgan fingerprint density at radius 3 is 2.65 bits per heavy atom. The predicted octanol–water partition coefficient (Wildman–Crippen LogP) is 3.86. The van der Waals surface area contributed by atoms with E-state index >= 15 is 0 Å². The Hall–Kier alpha value is -3.34. The summed E-state index contributed by atoms with van der Waals surface area (Å²) in [6, 6.07) is 5.71. The summed E-state index contributed by atoms with van der Waals surface area (Å²) in [6.07, 6.45) is 2.48. The van der Waals surface area contributed by atoms with E-state index in [-0.39, 0.29) is 6.04 Å². The molecule has 0 amide bonds. The summed E-state index contributed by atoms with van der Waals surface area (Å²) in [5.74, 6) is 1.62. The third kappa shape index (κ3) is 4.15. The normalized spacial score (nSPS) is 21.0. The second-order valence-corrected chi connectivity index (χ2v) is 9.17. The molecule has 1 saturated carbocycles. The molecule has 0 unspecified atom stereocenters. The van der Waals surface area contributed by atoms with Crippen molar-refractivity contribution in [2.45, 2.75) is 64.1 Å². The topological polar surface area (TPSA) is 105 Å². The zero-order valence-electron chi connectivity index (χ0n) is 19.4. The van der Waals surface area contributed by atoms with Crippen LogP contribution in [0.3, 0.4) is 0 Å². The van der Waals surface area contributed by atoms with E-state index in [1.54, 1.807) is 24.6 Å². The lowest BCUT2D eigenvalue weighted by molar-refractivity contribution is 0.0195. The van der Waals surface area contributed by atoms with Gasteiger partial charge < -0.3 is 20.3 Å². The molecule has 9 nitrogen and oxygen atoms in total. The van der Waals surface area contributed by atoms with Crippen molar-refractivity contribution < 1.29 is 13.9 Å². The maximum Gasteiger partial charge on any atom is 0.256 e. The minimum Gasteiger partial charge on any atom is -0.390 e. The first-order valence-corrected chi connectivity index (χ1v) is 11.4. The zero-order chi connectivity index (χ0) is 24.0. The third-order valence-electron chi connectivity index (χ3n) is 6.52. The summed E-state index contributed by atoms with van der Waals surface area (Å²) in [5, 5.41) is 21.4. The van der Waals surface area contributed by atoms with E-state index in [0.717, 1.165) is 36.8 Å². The van der Waals surface area contributed by atoms with Crippen LogP contribution in [-0.2, 0) is 6.54 Å². The van der Waals surface area contributed by atoms with Crippen LogP contribution in [0.15, 0.2) is 24.4 Å². The predicted molar refractivity (Wildman–Crippen MR) is 126 cm³/mol. The van der Waals surface area contributed by atoms with Crippen LogP contribution < -0.4 is 10.6 Å². The molecule has 5 rings (SSSR count). The van der Waals surface area contributed by atoms with Crippen LogP contribution in [-0.4, -0.2) is 59.4 Å². The van der Waals surface area contributed by atoms with Gasteiger partial charge in [0, 0.05) is 24.8 Å². The molecule has 3 N–H and O–H groups in total. The minimum absolute atomic E-state index is 0.194.